The Labute approximate surface area is 137 Å². The molecule has 0 saturated heterocycles. The number of ether oxygens (including phenoxy) is 3. The van der Waals surface area contributed by atoms with Crippen molar-refractivity contribution in [2.45, 2.75) is 6.92 Å². The molecule has 1 aromatic carbocycles. The van der Waals surface area contributed by atoms with Crippen molar-refractivity contribution >= 4 is 34.4 Å². The van der Waals surface area contributed by atoms with E-state index < -0.39 is 28.3 Å². The Morgan fingerprint density at radius 2 is 1.83 bits per heavy atom. The predicted octanol–water partition coefficient (Wildman–Crippen LogP) is 1.87. The molecule has 0 amide bonds. The van der Waals surface area contributed by atoms with E-state index >= 15 is 0 Å². The topological polar surface area (TPSA) is 99.1 Å². The number of esters is 1. The molecule has 0 fully saturated rings. The lowest BCUT2D eigenvalue weighted by Crippen LogP contribution is -2.22. The number of benzene rings is 1. The molecule has 124 valence electrons. The van der Waals surface area contributed by atoms with Crippen LogP contribution in [0.2, 0.25) is 0 Å². The number of methoxy groups -OCH3 is 2. The first kappa shape index (κ1) is 18.5. The summed E-state index contributed by atoms with van der Waals surface area (Å²) in [6, 6.07) is 4.34. The van der Waals surface area contributed by atoms with Crippen LogP contribution in [0.1, 0.15) is 12.5 Å². The SMILES string of the molecule is CCOC(=O)C(C(=O)C(=O)Cl)=C(O)c1cc(OC)ccc1OC. The molecule has 0 aromatic heterocycles. The summed E-state index contributed by atoms with van der Waals surface area (Å²) < 4.78 is 14.8. The van der Waals surface area contributed by atoms with E-state index in [0.717, 1.165) is 0 Å². The number of halogens is 1. The number of hydrogen-bond donors (Lipinski definition) is 1. The molecule has 1 aromatic rings. The van der Waals surface area contributed by atoms with Crippen molar-refractivity contribution in [3.05, 3.63) is 29.3 Å². The Balaban J connectivity index is 3.60. The van der Waals surface area contributed by atoms with Gasteiger partial charge in [-0.2, -0.15) is 0 Å². The number of Topliss-reactive ketones (excluding diaryl/α,β-unsaturated/α-hetero) is 1. The summed E-state index contributed by atoms with van der Waals surface area (Å²) >= 11 is 5.13. The highest BCUT2D eigenvalue weighted by atomic mass is 35.5. The van der Waals surface area contributed by atoms with Gasteiger partial charge in [0.25, 0.3) is 11.0 Å². The van der Waals surface area contributed by atoms with Crippen molar-refractivity contribution in [3.8, 4) is 11.5 Å². The molecule has 0 spiro atoms. The van der Waals surface area contributed by atoms with Crippen LogP contribution >= 0.6 is 11.6 Å². The zero-order valence-electron chi connectivity index (χ0n) is 12.7. The maximum atomic E-state index is 11.9. The van der Waals surface area contributed by atoms with Gasteiger partial charge in [-0.25, -0.2) is 4.79 Å². The highest BCUT2D eigenvalue weighted by Gasteiger charge is 2.30. The van der Waals surface area contributed by atoms with E-state index in [-0.39, 0.29) is 17.9 Å². The minimum Gasteiger partial charge on any atom is -0.506 e. The Morgan fingerprint density at radius 3 is 2.30 bits per heavy atom. The maximum absolute atomic E-state index is 11.9. The molecule has 0 radical (unpaired) electrons. The molecule has 0 aliphatic heterocycles. The fourth-order valence-corrected chi connectivity index (χ4v) is 1.83. The van der Waals surface area contributed by atoms with Crippen molar-refractivity contribution in [2.24, 2.45) is 0 Å². The third-order valence-electron chi connectivity index (χ3n) is 2.78. The molecule has 0 atom stereocenters. The zero-order valence-corrected chi connectivity index (χ0v) is 13.5. The minimum absolute atomic E-state index is 0.0267. The molecule has 23 heavy (non-hydrogen) atoms. The minimum atomic E-state index is -1.43. The molecular formula is C15H15ClO7. The van der Waals surface area contributed by atoms with Crippen LogP contribution in [0.3, 0.4) is 0 Å². The average Bonchev–Trinajstić information content (AvgIpc) is 2.54. The van der Waals surface area contributed by atoms with Crippen LogP contribution in [-0.2, 0) is 19.1 Å². The van der Waals surface area contributed by atoms with Crippen LogP contribution in [0.5, 0.6) is 11.5 Å². The van der Waals surface area contributed by atoms with Crippen LogP contribution in [0.25, 0.3) is 5.76 Å². The first-order valence-electron chi connectivity index (χ1n) is 6.44. The molecule has 1 rings (SSSR count). The van der Waals surface area contributed by atoms with Gasteiger partial charge in [-0.05, 0) is 36.7 Å². The summed E-state index contributed by atoms with van der Waals surface area (Å²) in [4.78, 5) is 34.9. The van der Waals surface area contributed by atoms with Crippen LogP contribution in [-0.4, -0.2) is 42.9 Å². The Kier molecular flexibility index (Phi) is 6.59. The van der Waals surface area contributed by atoms with E-state index in [2.05, 4.69) is 4.74 Å². The monoisotopic (exact) mass is 342 g/mol. The molecule has 0 unspecified atom stereocenters. The number of ketones is 1. The quantitative estimate of drug-likeness (QED) is 0.153. The fourth-order valence-electron chi connectivity index (χ4n) is 1.73. The van der Waals surface area contributed by atoms with E-state index in [4.69, 9.17) is 21.1 Å². The van der Waals surface area contributed by atoms with Crippen molar-refractivity contribution in [1.82, 2.24) is 0 Å². The molecule has 0 aliphatic rings. The van der Waals surface area contributed by atoms with Gasteiger partial charge >= 0.3 is 5.97 Å². The summed E-state index contributed by atoms with van der Waals surface area (Å²) in [5, 5.41) is 8.91. The highest BCUT2D eigenvalue weighted by Crippen LogP contribution is 2.31. The van der Waals surface area contributed by atoms with Gasteiger partial charge in [0.05, 0.1) is 26.4 Å². The summed E-state index contributed by atoms with van der Waals surface area (Å²) in [7, 11) is 2.73. The third kappa shape index (κ3) is 4.23. The Bertz CT molecular complexity index is 664. The number of aliphatic hydroxyl groups is 1. The summed E-state index contributed by atoms with van der Waals surface area (Å²) in [5.41, 5.74) is -0.903. The van der Waals surface area contributed by atoms with Crippen LogP contribution in [0.4, 0.5) is 0 Å². The lowest BCUT2D eigenvalue weighted by Gasteiger charge is -2.12. The van der Waals surface area contributed by atoms with Crippen molar-refractivity contribution in [1.29, 1.82) is 0 Å². The van der Waals surface area contributed by atoms with Crippen LogP contribution in [0, 0.1) is 0 Å². The number of carbonyl (C=O) groups is 3. The molecule has 7 nitrogen and oxygen atoms in total. The molecule has 0 aliphatic carbocycles. The van der Waals surface area contributed by atoms with E-state index in [9.17, 15) is 19.5 Å². The smallest absolute Gasteiger partial charge is 0.346 e. The van der Waals surface area contributed by atoms with Crippen molar-refractivity contribution < 1.29 is 33.7 Å². The molecule has 0 saturated carbocycles. The second-order valence-electron chi connectivity index (χ2n) is 4.11. The Morgan fingerprint density at radius 1 is 1.17 bits per heavy atom. The zero-order chi connectivity index (χ0) is 17.6. The van der Waals surface area contributed by atoms with Gasteiger partial charge in [0.1, 0.15) is 17.3 Å². The van der Waals surface area contributed by atoms with Gasteiger partial charge in [0.2, 0.25) is 0 Å². The maximum Gasteiger partial charge on any atom is 0.346 e. The molecule has 1 N–H and O–H groups in total. The first-order chi connectivity index (χ1) is 10.9. The number of carbonyl (C=O) groups excluding carboxylic acids is 3. The van der Waals surface area contributed by atoms with Crippen LogP contribution < -0.4 is 9.47 Å². The highest BCUT2D eigenvalue weighted by molar-refractivity contribution is 6.84. The van der Waals surface area contributed by atoms with Crippen LogP contribution in [0.15, 0.2) is 23.8 Å². The Hall–Kier alpha value is -2.54. The summed E-state index contributed by atoms with van der Waals surface area (Å²) in [5.74, 6) is -2.86. The second-order valence-corrected chi connectivity index (χ2v) is 4.46. The van der Waals surface area contributed by atoms with Gasteiger partial charge in [0, 0.05) is 0 Å². The van der Waals surface area contributed by atoms with E-state index in [1.54, 1.807) is 6.07 Å². The van der Waals surface area contributed by atoms with Crippen molar-refractivity contribution in [3.63, 3.8) is 0 Å². The number of aliphatic hydroxyl groups excluding tert-OH is 1. The molecule has 8 heteroatoms. The average molecular weight is 343 g/mol. The van der Waals surface area contributed by atoms with Gasteiger partial charge in [-0.3, -0.25) is 9.59 Å². The predicted molar refractivity (Wildman–Crippen MR) is 81.6 cm³/mol. The molecule has 0 bridgehead atoms. The number of hydrogen-bond acceptors (Lipinski definition) is 7. The van der Waals surface area contributed by atoms with Gasteiger partial charge in [-0.1, -0.05) is 0 Å². The van der Waals surface area contributed by atoms with Gasteiger partial charge in [0.15, 0.2) is 5.57 Å². The lowest BCUT2D eigenvalue weighted by molar-refractivity contribution is -0.141. The first-order valence-corrected chi connectivity index (χ1v) is 6.82. The van der Waals surface area contributed by atoms with Gasteiger partial charge < -0.3 is 19.3 Å². The van der Waals surface area contributed by atoms with E-state index in [0.29, 0.717) is 5.75 Å². The molecular weight excluding hydrogens is 328 g/mol. The molecule has 0 heterocycles. The summed E-state index contributed by atoms with van der Waals surface area (Å²) in [6.45, 7) is 1.44. The normalized spacial score (nSPS) is 11.3. The van der Waals surface area contributed by atoms with Gasteiger partial charge in [-0.15, -0.1) is 0 Å². The summed E-state index contributed by atoms with van der Waals surface area (Å²) in [6.07, 6.45) is 0. The largest absolute Gasteiger partial charge is 0.506 e. The van der Waals surface area contributed by atoms with E-state index in [1.807, 2.05) is 0 Å². The van der Waals surface area contributed by atoms with E-state index in [1.165, 1.54) is 33.3 Å². The van der Waals surface area contributed by atoms with Crippen molar-refractivity contribution in [2.75, 3.05) is 20.8 Å². The fraction of sp³-hybridized carbons (Fsp3) is 0.267. The standard InChI is InChI=1S/C15H15ClO7/c1-4-23-15(20)11(13(18)14(16)19)12(17)9-7-8(21-2)5-6-10(9)22-3/h5-7,17H,4H2,1-3H3. The number of rotatable bonds is 7. The third-order valence-corrected chi connectivity index (χ3v) is 2.96. The second kappa shape index (κ2) is 8.19. The lowest BCUT2D eigenvalue weighted by atomic mass is 10.0.